The molecule has 2 rings (SSSR count). The molecule has 2 atom stereocenters. The van der Waals surface area contributed by atoms with Gasteiger partial charge in [0.05, 0.1) is 0 Å². The molecule has 25 heavy (non-hydrogen) atoms. The maximum atomic E-state index is 6.01. The van der Waals surface area contributed by atoms with Crippen LogP contribution in [0.15, 0.2) is 48.5 Å². The van der Waals surface area contributed by atoms with Gasteiger partial charge in [0, 0.05) is 0 Å². The fraction of sp³-hybridized carbons (Fsp3) is 0.455. The molecule has 0 N–H and O–H groups in total. The number of benzene rings is 2. The second kappa shape index (κ2) is 10.5. The Balaban J connectivity index is 2.02. The van der Waals surface area contributed by atoms with Crippen LogP contribution in [0.2, 0.25) is 0 Å². The summed E-state index contributed by atoms with van der Waals surface area (Å²) in [5.41, 5.74) is 2.54. The lowest BCUT2D eigenvalue weighted by Crippen LogP contribution is -1.98. The van der Waals surface area contributed by atoms with E-state index in [1.165, 1.54) is 36.8 Å². The van der Waals surface area contributed by atoms with Gasteiger partial charge in [-0.15, -0.1) is 0 Å². The van der Waals surface area contributed by atoms with Crippen molar-refractivity contribution >= 4 is 9.03 Å². The molecule has 0 aromatic heterocycles. The third-order valence-electron chi connectivity index (χ3n) is 4.65. The minimum atomic E-state index is -0.0305. The molecule has 0 aliphatic carbocycles. The first kappa shape index (κ1) is 19.8. The first-order chi connectivity index (χ1) is 12.2. The molecule has 0 bridgehead atoms. The first-order valence-corrected chi connectivity index (χ1v) is 10.3. The number of hydrogen-bond donors (Lipinski definition) is 0. The lowest BCUT2D eigenvalue weighted by molar-refractivity contribution is 0.497. The highest BCUT2D eigenvalue weighted by atomic mass is 31.1. The van der Waals surface area contributed by atoms with E-state index in [1.54, 1.807) is 0 Å². The lowest BCUT2D eigenvalue weighted by atomic mass is 9.96. The number of hydrogen-bond acceptors (Lipinski definition) is 2. The van der Waals surface area contributed by atoms with E-state index < -0.39 is 0 Å². The molecule has 2 unspecified atom stereocenters. The third-order valence-corrected chi connectivity index (χ3v) is 5.25. The van der Waals surface area contributed by atoms with Crippen LogP contribution in [0.3, 0.4) is 0 Å². The molecule has 0 saturated carbocycles. The van der Waals surface area contributed by atoms with Gasteiger partial charge in [0.2, 0.25) is 0 Å². The SMILES string of the molecule is CCCC(C)c1ccccc1OPOc1ccccc1C(C)CCC. The second-order valence-electron chi connectivity index (χ2n) is 6.74. The lowest BCUT2D eigenvalue weighted by Gasteiger charge is -2.18. The van der Waals surface area contributed by atoms with E-state index in [0.29, 0.717) is 11.8 Å². The van der Waals surface area contributed by atoms with Crippen LogP contribution >= 0.6 is 9.03 Å². The molecule has 0 fully saturated rings. The van der Waals surface area contributed by atoms with E-state index >= 15 is 0 Å². The van der Waals surface area contributed by atoms with E-state index in [1.807, 2.05) is 24.3 Å². The van der Waals surface area contributed by atoms with E-state index in [9.17, 15) is 0 Å². The van der Waals surface area contributed by atoms with Gasteiger partial charge in [-0.05, 0) is 47.9 Å². The van der Waals surface area contributed by atoms with Crippen molar-refractivity contribution in [3.05, 3.63) is 59.7 Å². The second-order valence-corrected chi connectivity index (χ2v) is 7.32. The average molecular weight is 358 g/mol. The van der Waals surface area contributed by atoms with Gasteiger partial charge in [-0.3, -0.25) is 0 Å². The highest BCUT2D eigenvalue weighted by molar-refractivity contribution is 7.27. The first-order valence-electron chi connectivity index (χ1n) is 9.43. The predicted octanol–water partition coefficient (Wildman–Crippen LogP) is 7.46. The van der Waals surface area contributed by atoms with Crippen molar-refractivity contribution in [1.82, 2.24) is 0 Å². The van der Waals surface area contributed by atoms with Crippen LogP contribution in [0.5, 0.6) is 11.5 Å². The quantitative estimate of drug-likeness (QED) is 0.410. The van der Waals surface area contributed by atoms with Crippen LogP contribution in [0, 0.1) is 0 Å². The summed E-state index contributed by atoms with van der Waals surface area (Å²) in [7, 11) is -0.0305. The van der Waals surface area contributed by atoms with Gasteiger partial charge in [0.25, 0.3) is 9.03 Å². The van der Waals surface area contributed by atoms with Crippen LogP contribution in [-0.4, -0.2) is 0 Å². The Kier molecular flexibility index (Phi) is 8.28. The van der Waals surface area contributed by atoms with Crippen molar-refractivity contribution in [2.24, 2.45) is 0 Å². The van der Waals surface area contributed by atoms with Crippen molar-refractivity contribution in [2.45, 2.75) is 65.2 Å². The molecule has 0 radical (unpaired) electrons. The molecule has 0 aliphatic rings. The zero-order valence-corrected chi connectivity index (χ0v) is 16.9. The zero-order valence-electron chi connectivity index (χ0n) is 15.9. The number of para-hydroxylation sites is 2. The highest BCUT2D eigenvalue weighted by Gasteiger charge is 2.13. The van der Waals surface area contributed by atoms with Gasteiger partial charge >= 0.3 is 0 Å². The van der Waals surface area contributed by atoms with Crippen molar-refractivity contribution in [3.8, 4) is 11.5 Å². The van der Waals surface area contributed by atoms with Gasteiger partial charge in [0.15, 0.2) is 0 Å². The van der Waals surface area contributed by atoms with E-state index in [4.69, 9.17) is 9.05 Å². The molecule has 0 aliphatic heterocycles. The molecule has 0 heterocycles. The standard InChI is InChI=1S/C22H31O2P/c1-5-11-17(3)19-13-7-9-15-21(19)23-25-24-22-16-10-8-14-20(22)18(4)12-6-2/h7-10,13-18,25H,5-6,11-12H2,1-4H3. The molecule has 136 valence electrons. The molecule has 3 heteroatoms. The summed E-state index contributed by atoms with van der Waals surface area (Å²) in [5, 5.41) is 0. The topological polar surface area (TPSA) is 18.5 Å². The third kappa shape index (κ3) is 5.75. The smallest absolute Gasteiger partial charge is 0.275 e. The Morgan fingerprint density at radius 2 is 1.12 bits per heavy atom. The Labute approximate surface area is 154 Å². The largest absolute Gasteiger partial charge is 0.440 e. The molecule has 0 amide bonds. The van der Waals surface area contributed by atoms with Crippen molar-refractivity contribution in [3.63, 3.8) is 0 Å². The monoisotopic (exact) mass is 358 g/mol. The molecular formula is C22H31O2P. The summed E-state index contributed by atoms with van der Waals surface area (Å²) in [6.07, 6.45) is 4.69. The Morgan fingerprint density at radius 3 is 1.52 bits per heavy atom. The highest BCUT2D eigenvalue weighted by Crippen LogP contribution is 2.36. The van der Waals surface area contributed by atoms with Crippen LogP contribution in [0.25, 0.3) is 0 Å². The summed E-state index contributed by atoms with van der Waals surface area (Å²) in [6, 6.07) is 16.6. The van der Waals surface area contributed by atoms with E-state index in [0.717, 1.165) is 11.5 Å². The number of rotatable bonds is 10. The molecule has 0 spiro atoms. The van der Waals surface area contributed by atoms with Gasteiger partial charge in [0.1, 0.15) is 11.5 Å². The maximum absolute atomic E-state index is 6.01. The minimum Gasteiger partial charge on any atom is -0.440 e. The molecular weight excluding hydrogens is 327 g/mol. The molecule has 2 nitrogen and oxygen atoms in total. The Hall–Kier alpha value is -1.53. The molecule has 2 aromatic rings. The van der Waals surface area contributed by atoms with Crippen molar-refractivity contribution in [2.75, 3.05) is 0 Å². The summed E-state index contributed by atoms with van der Waals surface area (Å²) in [6.45, 7) is 8.97. The van der Waals surface area contributed by atoms with Crippen LogP contribution in [-0.2, 0) is 0 Å². The Morgan fingerprint density at radius 1 is 0.720 bits per heavy atom. The normalized spacial score (nSPS) is 13.8. The zero-order chi connectivity index (χ0) is 18.1. The Bertz CT molecular complexity index is 586. The van der Waals surface area contributed by atoms with Crippen molar-refractivity contribution < 1.29 is 9.05 Å². The van der Waals surface area contributed by atoms with Crippen LogP contribution < -0.4 is 9.05 Å². The summed E-state index contributed by atoms with van der Waals surface area (Å²) >= 11 is 0. The summed E-state index contributed by atoms with van der Waals surface area (Å²) < 4.78 is 12.0. The van der Waals surface area contributed by atoms with Gasteiger partial charge in [-0.1, -0.05) is 76.9 Å². The maximum Gasteiger partial charge on any atom is 0.275 e. The summed E-state index contributed by atoms with van der Waals surface area (Å²) in [4.78, 5) is 0. The van der Waals surface area contributed by atoms with E-state index in [2.05, 4.69) is 52.0 Å². The average Bonchev–Trinajstić information content (AvgIpc) is 2.63. The predicted molar refractivity (Wildman–Crippen MR) is 109 cm³/mol. The van der Waals surface area contributed by atoms with Crippen LogP contribution in [0.1, 0.15) is 76.3 Å². The molecule has 0 saturated heterocycles. The van der Waals surface area contributed by atoms with Gasteiger partial charge < -0.3 is 9.05 Å². The van der Waals surface area contributed by atoms with Crippen LogP contribution in [0.4, 0.5) is 0 Å². The molecule has 2 aromatic carbocycles. The summed E-state index contributed by atoms with van der Waals surface area (Å²) in [5.74, 6) is 2.90. The van der Waals surface area contributed by atoms with E-state index in [-0.39, 0.29) is 9.03 Å². The van der Waals surface area contributed by atoms with Crippen molar-refractivity contribution in [1.29, 1.82) is 0 Å². The van der Waals surface area contributed by atoms with Gasteiger partial charge in [-0.2, -0.15) is 0 Å². The fourth-order valence-corrected chi connectivity index (χ4v) is 3.84. The fourth-order valence-electron chi connectivity index (χ4n) is 3.25. The minimum absolute atomic E-state index is 0.0305. The van der Waals surface area contributed by atoms with Gasteiger partial charge in [-0.25, -0.2) is 0 Å².